The Bertz CT molecular complexity index is 732. The molecule has 0 spiro atoms. The Hall–Kier alpha value is -0.929. The Labute approximate surface area is 161 Å². The quantitative estimate of drug-likeness (QED) is 0.526. The van der Waals surface area contributed by atoms with Crippen molar-refractivity contribution in [1.82, 2.24) is 0 Å². The van der Waals surface area contributed by atoms with Gasteiger partial charge in [-0.25, -0.2) is 0 Å². The maximum Gasteiger partial charge on any atom is 0.314 e. The van der Waals surface area contributed by atoms with Gasteiger partial charge in [-0.3, -0.25) is 0 Å². The zero-order valence-corrected chi connectivity index (χ0v) is 20.3. The second-order valence-electron chi connectivity index (χ2n) is 9.21. The van der Waals surface area contributed by atoms with Crippen molar-refractivity contribution in [2.24, 2.45) is 0 Å². The smallest absolute Gasteiger partial charge is 0.314 e. The second kappa shape index (κ2) is 7.98. The highest BCUT2D eigenvalue weighted by Crippen LogP contribution is 2.31. The molecular formula is C20H34O3Si3. The van der Waals surface area contributed by atoms with Crippen molar-refractivity contribution in [3.63, 3.8) is 0 Å². The monoisotopic (exact) mass is 406 g/mol. The van der Waals surface area contributed by atoms with Gasteiger partial charge in [0.1, 0.15) is 5.75 Å². The molecule has 0 unspecified atom stereocenters. The first-order valence-corrected chi connectivity index (χ1v) is 18.8. The average molecular weight is 407 g/mol. The number of rotatable bonds is 8. The predicted octanol–water partition coefficient (Wildman–Crippen LogP) is 6.25. The largest absolute Gasteiger partial charge is 0.507 e. The van der Waals surface area contributed by atoms with Crippen molar-refractivity contribution in [3.05, 3.63) is 42.0 Å². The van der Waals surface area contributed by atoms with Crippen LogP contribution in [0.5, 0.6) is 5.75 Å². The first kappa shape index (κ1) is 21.4. The van der Waals surface area contributed by atoms with Gasteiger partial charge in [0, 0.05) is 5.39 Å². The van der Waals surface area contributed by atoms with E-state index in [0.29, 0.717) is 5.75 Å². The molecule has 0 amide bonds. The van der Waals surface area contributed by atoms with Crippen LogP contribution in [0.15, 0.2) is 36.4 Å². The van der Waals surface area contributed by atoms with Crippen LogP contribution in [0.3, 0.4) is 0 Å². The average Bonchev–Trinajstić information content (AvgIpc) is 2.46. The Balaban J connectivity index is 2.10. The van der Waals surface area contributed by atoms with Gasteiger partial charge in [0.15, 0.2) is 16.6 Å². The van der Waals surface area contributed by atoms with Gasteiger partial charge >= 0.3 is 8.56 Å². The van der Waals surface area contributed by atoms with E-state index in [0.717, 1.165) is 35.2 Å². The molecule has 0 saturated carbocycles. The van der Waals surface area contributed by atoms with E-state index in [1.54, 1.807) is 0 Å². The fourth-order valence-corrected chi connectivity index (χ4v) is 16.1. The molecule has 0 aliphatic heterocycles. The Morgan fingerprint density at radius 3 is 1.96 bits per heavy atom. The highest BCUT2D eigenvalue weighted by molar-refractivity contribution is 6.87. The summed E-state index contributed by atoms with van der Waals surface area (Å²) in [6.07, 6.45) is 1.83. The number of phenolic OH excluding ortho intramolecular Hbond substituents is 1. The van der Waals surface area contributed by atoms with Crippen LogP contribution in [0.1, 0.15) is 12.0 Å². The highest BCUT2D eigenvalue weighted by atomic mass is 28.5. The van der Waals surface area contributed by atoms with Crippen molar-refractivity contribution in [2.75, 3.05) is 0 Å². The first-order chi connectivity index (χ1) is 11.9. The highest BCUT2D eigenvalue weighted by Gasteiger charge is 2.39. The lowest BCUT2D eigenvalue weighted by Gasteiger charge is -2.38. The van der Waals surface area contributed by atoms with Crippen molar-refractivity contribution < 1.29 is 13.3 Å². The summed E-state index contributed by atoms with van der Waals surface area (Å²) in [7, 11) is -5.52. The number of aryl methyl sites for hydroxylation is 1. The van der Waals surface area contributed by atoms with E-state index in [4.69, 9.17) is 8.23 Å². The molecule has 26 heavy (non-hydrogen) atoms. The molecule has 6 heteroatoms. The normalized spacial score (nSPS) is 13.3. The molecular weight excluding hydrogens is 372 g/mol. The standard InChI is InChI=1S/C20H34O3Si3/c1-24(2,3)22-26(7,23-25(4,5)6)16-10-12-18-15-14-17-11-8-9-13-19(17)20(18)21/h8-9,11,13-15,21H,10,12,16H2,1-7H3. The molecule has 1 N–H and O–H groups in total. The summed E-state index contributed by atoms with van der Waals surface area (Å²) in [6, 6.07) is 13.1. The molecule has 0 heterocycles. The molecule has 0 radical (unpaired) electrons. The van der Waals surface area contributed by atoms with Crippen LogP contribution in [0.2, 0.25) is 51.9 Å². The molecule has 0 bridgehead atoms. The number of hydrogen-bond acceptors (Lipinski definition) is 3. The molecule has 2 aromatic rings. The third kappa shape index (κ3) is 6.35. The molecule has 144 valence electrons. The van der Waals surface area contributed by atoms with Crippen LogP contribution in [0, 0.1) is 0 Å². The summed E-state index contributed by atoms with van der Waals surface area (Å²) in [5.41, 5.74) is 1.01. The zero-order chi connectivity index (χ0) is 19.6. The third-order valence-electron chi connectivity index (χ3n) is 4.11. The minimum Gasteiger partial charge on any atom is -0.507 e. The number of benzene rings is 2. The van der Waals surface area contributed by atoms with Crippen molar-refractivity contribution in [3.8, 4) is 5.75 Å². The number of phenols is 1. The van der Waals surface area contributed by atoms with E-state index in [9.17, 15) is 5.11 Å². The van der Waals surface area contributed by atoms with E-state index >= 15 is 0 Å². The SMILES string of the molecule is C[Si](C)(C)O[Si](C)(CCCc1ccc2ccccc2c1O)O[Si](C)(C)C. The molecule has 0 aliphatic rings. The Kier molecular flexibility index (Phi) is 6.56. The minimum atomic E-state index is -2.20. The van der Waals surface area contributed by atoms with Gasteiger partial charge in [-0.1, -0.05) is 36.4 Å². The number of fused-ring (bicyclic) bond motifs is 1. The minimum absolute atomic E-state index is 0.420. The van der Waals surface area contributed by atoms with E-state index in [1.807, 2.05) is 24.3 Å². The Morgan fingerprint density at radius 2 is 1.38 bits per heavy atom. The molecule has 2 rings (SSSR count). The van der Waals surface area contributed by atoms with Gasteiger partial charge < -0.3 is 13.3 Å². The van der Waals surface area contributed by atoms with Gasteiger partial charge in [0.2, 0.25) is 0 Å². The molecule has 0 aliphatic carbocycles. The van der Waals surface area contributed by atoms with E-state index in [1.165, 1.54) is 0 Å². The first-order valence-electron chi connectivity index (χ1n) is 9.49. The summed E-state index contributed by atoms with van der Waals surface area (Å²) >= 11 is 0. The maximum absolute atomic E-state index is 10.6. The van der Waals surface area contributed by atoms with E-state index in [-0.39, 0.29) is 0 Å². The van der Waals surface area contributed by atoms with Crippen molar-refractivity contribution in [2.45, 2.75) is 64.7 Å². The number of hydrogen-bond donors (Lipinski definition) is 1. The van der Waals surface area contributed by atoms with Crippen LogP contribution in [-0.2, 0) is 14.7 Å². The van der Waals surface area contributed by atoms with Gasteiger partial charge in [-0.2, -0.15) is 0 Å². The lowest BCUT2D eigenvalue weighted by Crippen LogP contribution is -2.52. The molecule has 0 aromatic heterocycles. The predicted molar refractivity (Wildman–Crippen MR) is 119 cm³/mol. The summed E-state index contributed by atoms with van der Waals surface area (Å²) in [5.74, 6) is 0.420. The molecule has 0 atom stereocenters. The van der Waals surface area contributed by atoms with Gasteiger partial charge in [0.05, 0.1) is 0 Å². The summed E-state index contributed by atoms with van der Waals surface area (Å²) in [4.78, 5) is 0. The summed E-state index contributed by atoms with van der Waals surface area (Å²) in [5, 5.41) is 12.6. The van der Waals surface area contributed by atoms with Crippen LogP contribution < -0.4 is 0 Å². The maximum atomic E-state index is 10.6. The van der Waals surface area contributed by atoms with Crippen LogP contribution in [-0.4, -0.2) is 30.3 Å². The molecule has 2 aromatic carbocycles. The van der Waals surface area contributed by atoms with Crippen LogP contribution >= 0.6 is 0 Å². The fraction of sp³-hybridized carbons (Fsp3) is 0.500. The molecule has 0 saturated heterocycles. The van der Waals surface area contributed by atoms with Gasteiger partial charge in [0.25, 0.3) is 0 Å². The Morgan fingerprint density at radius 1 is 0.808 bits per heavy atom. The second-order valence-corrected chi connectivity index (χ2v) is 22.1. The summed E-state index contributed by atoms with van der Waals surface area (Å²) < 4.78 is 13.1. The third-order valence-corrected chi connectivity index (χ3v) is 13.7. The van der Waals surface area contributed by atoms with Crippen LogP contribution in [0.25, 0.3) is 10.8 Å². The summed E-state index contributed by atoms with van der Waals surface area (Å²) in [6.45, 7) is 15.6. The van der Waals surface area contributed by atoms with E-state index < -0.39 is 25.2 Å². The lowest BCUT2D eigenvalue weighted by molar-refractivity contribution is 0.381. The van der Waals surface area contributed by atoms with Crippen LogP contribution in [0.4, 0.5) is 0 Å². The van der Waals surface area contributed by atoms with Crippen molar-refractivity contribution >= 4 is 36.0 Å². The van der Waals surface area contributed by atoms with Gasteiger partial charge in [-0.15, -0.1) is 0 Å². The zero-order valence-electron chi connectivity index (χ0n) is 17.3. The van der Waals surface area contributed by atoms with E-state index in [2.05, 4.69) is 58.0 Å². The lowest BCUT2D eigenvalue weighted by atomic mass is 10.0. The molecule has 3 nitrogen and oxygen atoms in total. The van der Waals surface area contributed by atoms with Gasteiger partial charge in [-0.05, 0) is 75.7 Å². The fourth-order valence-electron chi connectivity index (χ4n) is 3.52. The molecule has 0 fully saturated rings. The topological polar surface area (TPSA) is 38.7 Å². The van der Waals surface area contributed by atoms with Crippen molar-refractivity contribution in [1.29, 1.82) is 0 Å². The number of aromatic hydroxyl groups is 1.